The number of carbonyl (C=O) groups excluding carboxylic acids is 1. The van der Waals surface area contributed by atoms with Crippen LogP contribution in [0.5, 0.6) is 0 Å². The van der Waals surface area contributed by atoms with Crippen LogP contribution in [0.2, 0.25) is 0 Å². The molecule has 10 heavy (non-hydrogen) atoms. The zero-order valence-electron chi connectivity index (χ0n) is 5.59. The average molecular weight is 147 g/mol. The number of hydrogen-bond donors (Lipinski definition) is 2. The monoisotopic (exact) mass is 147 g/mol. The molecule has 0 atom stereocenters. The van der Waals surface area contributed by atoms with Gasteiger partial charge in [0, 0.05) is 6.42 Å². The van der Waals surface area contributed by atoms with E-state index in [1.807, 2.05) is 5.48 Å². The Morgan fingerprint density at radius 2 is 2.10 bits per heavy atom. The third kappa shape index (κ3) is 5.04. The minimum atomic E-state index is -0.994. The summed E-state index contributed by atoms with van der Waals surface area (Å²) in [6.45, 7) is 0. The molecule has 0 aliphatic carbocycles. The van der Waals surface area contributed by atoms with Crippen LogP contribution in [0, 0.1) is 0 Å². The molecule has 0 rings (SSSR count). The smallest absolute Gasteiger partial charge is 0.303 e. The van der Waals surface area contributed by atoms with Gasteiger partial charge in [-0.1, -0.05) is 0 Å². The van der Waals surface area contributed by atoms with E-state index in [1.54, 1.807) is 0 Å². The number of hydroxylamine groups is 1. The molecule has 0 radical (unpaired) electrons. The van der Waals surface area contributed by atoms with E-state index in [-0.39, 0.29) is 12.8 Å². The summed E-state index contributed by atoms with van der Waals surface area (Å²) in [5.74, 6) is -1.42. The molecule has 0 saturated carbocycles. The van der Waals surface area contributed by atoms with Gasteiger partial charge in [-0.25, -0.2) is 5.48 Å². The largest absolute Gasteiger partial charge is 0.481 e. The Hall–Kier alpha value is -1.10. The van der Waals surface area contributed by atoms with E-state index in [4.69, 9.17) is 5.11 Å². The quantitative estimate of drug-likeness (QED) is 0.527. The summed E-state index contributed by atoms with van der Waals surface area (Å²) in [7, 11) is 1.29. The lowest BCUT2D eigenvalue weighted by atomic mass is 10.3. The fourth-order valence-electron chi connectivity index (χ4n) is 0.385. The molecule has 5 nitrogen and oxygen atoms in total. The van der Waals surface area contributed by atoms with Crippen LogP contribution in [0.1, 0.15) is 12.8 Å². The van der Waals surface area contributed by atoms with Gasteiger partial charge in [0.2, 0.25) is 5.91 Å². The molecule has 0 aliphatic rings. The van der Waals surface area contributed by atoms with Gasteiger partial charge in [0.15, 0.2) is 0 Å². The maximum atomic E-state index is 10.4. The van der Waals surface area contributed by atoms with E-state index in [2.05, 4.69) is 4.84 Å². The first-order valence-corrected chi connectivity index (χ1v) is 2.70. The van der Waals surface area contributed by atoms with Gasteiger partial charge in [0.1, 0.15) is 0 Å². The van der Waals surface area contributed by atoms with E-state index < -0.39 is 11.9 Å². The van der Waals surface area contributed by atoms with Crippen LogP contribution in [0.25, 0.3) is 0 Å². The lowest BCUT2D eigenvalue weighted by Gasteiger charge is -1.97. The summed E-state index contributed by atoms with van der Waals surface area (Å²) in [6, 6.07) is 0. The lowest BCUT2D eigenvalue weighted by Crippen LogP contribution is -2.22. The fraction of sp³-hybridized carbons (Fsp3) is 0.600. The molecular weight excluding hydrogens is 138 g/mol. The van der Waals surface area contributed by atoms with Gasteiger partial charge in [0.25, 0.3) is 0 Å². The first kappa shape index (κ1) is 8.90. The maximum absolute atomic E-state index is 10.4. The molecular formula is C5H9NO4. The average Bonchev–Trinajstić information content (AvgIpc) is 1.85. The molecule has 0 aliphatic heterocycles. The summed E-state index contributed by atoms with van der Waals surface area (Å²) >= 11 is 0. The van der Waals surface area contributed by atoms with Crippen molar-refractivity contribution in [3.8, 4) is 0 Å². The number of nitrogens with one attached hydrogen (secondary N) is 1. The predicted molar refractivity (Wildman–Crippen MR) is 32.0 cm³/mol. The highest BCUT2D eigenvalue weighted by atomic mass is 16.6. The topological polar surface area (TPSA) is 75.6 Å². The lowest BCUT2D eigenvalue weighted by molar-refractivity contribution is -0.140. The SMILES string of the molecule is CONC(=O)CCC(=O)O. The van der Waals surface area contributed by atoms with E-state index >= 15 is 0 Å². The maximum Gasteiger partial charge on any atom is 0.303 e. The van der Waals surface area contributed by atoms with Gasteiger partial charge in [-0.15, -0.1) is 0 Å². The van der Waals surface area contributed by atoms with E-state index in [0.717, 1.165) is 0 Å². The van der Waals surface area contributed by atoms with Gasteiger partial charge in [-0.2, -0.15) is 0 Å². The molecule has 0 spiro atoms. The Labute approximate surface area is 57.9 Å². The second-order valence-corrected chi connectivity index (χ2v) is 1.62. The Morgan fingerprint density at radius 3 is 2.50 bits per heavy atom. The summed E-state index contributed by atoms with van der Waals surface area (Å²) in [5.41, 5.74) is 2.00. The van der Waals surface area contributed by atoms with Crippen LogP contribution < -0.4 is 5.48 Å². The Balaban J connectivity index is 3.30. The number of aliphatic carboxylic acids is 1. The molecule has 58 valence electrons. The number of amides is 1. The highest BCUT2D eigenvalue weighted by Crippen LogP contribution is 1.87. The molecule has 0 aromatic carbocycles. The first-order valence-electron chi connectivity index (χ1n) is 2.70. The van der Waals surface area contributed by atoms with Crippen LogP contribution in [0.15, 0.2) is 0 Å². The van der Waals surface area contributed by atoms with Crippen molar-refractivity contribution in [1.29, 1.82) is 0 Å². The van der Waals surface area contributed by atoms with Crippen molar-refractivity contribution in [2.45, 2.75) is 12.8 Å². The summed E-state index contributed by atoms with van der Waals surface area (Å²) < 4.78 is 0. The third-order valence-electron chi connectivity index (χ3n) is 0.782. The first-order chi connectivity index (χ1) is 4.66. The molecule has 0 aromatic rings. The molecule has 1 amide bonds. The minimum Gasteiger partial charge on any atom is -0.481 e. The summed E-state index contributed by atoms with van der Waals surface area (Å²) in [4.78, 5) is 24.6. The van der Waals surface area contributed by atoms with Crippen LogP contribution in [0.3, 0.4) is 0 Å². The molecule has 0 bridgehead atoms. The van der Waals surface area contributed by atoms with Crippen molar-refractivity contribution < 1.29 is 19.5 Å². The fourth-order valence-corrected chi connectivity index (χ4v) is 0.385. The third-order valence-corrected chi connectivity index (χ3v) is 0.782. The van der Waals surface area contributed by atoms with Gasteiger partial charge >= 0.3 is 5.97 Å². The zero-order valence-corrected chi connectivity index (χ0v) is 5.59. The van der Waals surface area contributed by atoms with Crippen molar-refractivity contribution in [2.24, 2.45) is 0 Å². The van der Waals surface area contributed by atoms with Crippen molar-refractivity contribution in [3.63, 3.8) is 0 Å². The molecule has 0 unspecified atom stereocenters. The summed E-state index contributed by atoms with van der Waals surface area (Å²) in [6.07, 6.45) is -0.224. The van der Waals surface area contributed by atoms with Crippen molar-refractivity contribution in [2.75, 3.05) is 7.11 Å². The van der Waals surface area contributed by atoms with E-state index in [9.17, 15) is 9.59 Å². The number of hydrogen-bond acceptors (Lipinski definition) is 3. The molecule has 0 saturated heterocycles. The second kappa shape index (κ2) is 4.75. The number of rotatable bonds is 4. The van der Waals surface area contributed by atoms with Crippen LogP contribution in [-0.4, -0.2) is 24.1 Å². The van der Waals surface area contributed by atoms with Crippen molar-refractivity contribution in [3.05, 3.63) is 0 Å². The zero-order chi connectivity index (χ0) is 7.98. The Bertz CT molecular complexity index is 134. The molecule has 2 N–H and O–H groups in total. The molecule has 0 heterocycles. The van der Waals surface area contributed by atoms with Crippen LogP contribution in [0.4, 0.5) is 0 Å². The van der Waals surface area contributed by atoms with Gasteiger partial charge in [0.05, 0.1) is 13.5 Å². The summed E-state index contributed by atoms with van der Waals surface area (Å²) in [5, 5.41) is 8.11. The predicted octanol–water partition coefficient (Wildman–Crippen LogP) is -0.471. The number of carboxylic acids is 1. The van der Waals surface area contributed by atoms with Crippen LogP contribution in [-0.2, 0) is 14.4 Å². The van der Waals surface area contributed by atoms with Crippen molar-refractivity contribution in [1.82, 2.24) is 5.48 Å². The Kier molecular flexibility index (Phi) is 4.23. The molecule has 0 aromatic heterocycles. The standard InChI is InChI=1S/C5H9NO4/c1-10-6-4(7)2-3-5(8)9/h2-3H2,1H3,(H,6,7)(H,8,9). The highest BCUT2D eigenvalue weighted by molar-refractivity contribution is 5.79. The van der Waals surface area contributed by atoms with E-state index in [0.29, 0.717) is 0 Å². The van der Waals surface area contributed by atoms with Crippen LogP contribution >= 0.6 is 0 Å². The minimum absolute atomic E-state index is 0.0524. The Morgan fingerprint density at radius 1 is 1.50 bits per heavy atom. The van der Waals surface area contributed by atoms with E-state index in [1.165, 1.54) is 7.11 Å². The number of carboxylic acid groups (broad SMARTS) is 1. The van der Waals surface area contributed by atoms with Crippen molar-refractivity contribution >= 4 is 11.9 Å². The molecule has 5 heteroatoms. The van der Waals surface area contributed by atoms with Gasteiger partial charge in [-0.3, -0.25) is 14.4 Å². The van der Waals surface area contributed by atoms with Gasteiger partial charge in [-0.05, 0) is 0 Å². The highest BCUT2D eigenvalue weighted by Gasteiger charge is 2.02. The normalized spacial score (nSPS) is 8.90. The molecule has 0 fully saturated rings. The second-order valence-electron chi connectivity index (χ2n) is 1.62. The van der Waals surface area contributed by atoms with Gasteiger partial charge < -0.3 is 5.11 Å². The number of carbonyl (C=O) groups is 2.